The van der Waals surface area contributed by atoms with Gasteiger partial charge in [0.15, 0.2) is 0 Å². The fourth-order valence-electron chi connectivity index (χ4n) is 3.02. The molecule has 1 aromatic carbocycles. The molecule has 28 heavy (non-hydrogen) atoms. The van der Waals surface area contributed by atoms with Gasteiger partial charge in [0.05, 0.1) is 31.6 Å². The lowest BCUT2D eigenvalue weighted by Gasteiger charge is -2.13. The Morgan fingerprint density at radius 3 is 2.75 bits per heavy atom. The largest absolute Gasteiger partial charge is 0.496 e. The van der Waals surface area contributed by atoms with Gasteiger partial charge in [0.1, 0.15) is 17.2 Å². The first-order valence-corrected chi connectivity index (χ1v) is 9.54. The van der Waals surface area contributed by atoms with Crippen molar-refractivity contribution >= 4 is 18.6 Å². The molecule has 7 heteroatoms. The van der Waals surface area contributed by atoms with E-state index >= 15 is 0 Å². The number of ether oxygens (including phenoxy) is 2. The Labute approximate surface area is 169 Å². The maximum absolute atomic E-state index is 13.3. The molecule has 0 saturated heterocycles. The van der Waals surface area contributed by atoms with Gasteiger partial charge in [-0.05, 0) is 36.8 Å². The molecular formula is C21H24N2O4S. The van der Waals surface area contributed by atoms with Crippen molar-refractivity contribution in [2.24, 2.45) is 0 Å². The van der Waals surface area contributed by atoms with Gasteiger partial charge >= 0.3 is 0 Å². The highest BCUT2D eigenvalue weighted by atomic mass is 32.1. The molecule has 0 amide bonds. The van der Waals surface area contributed by atoms with E-state index in [4.69, 9.17) is 9.47 Å². The molecule has 0 radical (unpaired) electrons. The van der Waals surface area contributed by atoms with Gasteiger partial charge in [0.2, 0.25) is 5.78 Å². The van der Waals surface area contributed by atoms with E-state index in [1.165, 1.54) is 11.1 Å². The lowest BCUT2D eigenvalue weighted by Crippen LogP contribution is -2.11. The average Bonchev–Trinajstić information content (AvgIpc) is 3.33. The van der Waals surface area contributed by atoms with Crippen LogP contribution in [0.4, 0.5) is 0 Å². The number of hydrogen-bond acceptors (Lipinski definition) is 5. The smallest absolute Gasteiger partial charge is 0.216 e. The predicted octanol–water partition coefficient (Wildman–Crippen LogP) is 3.88. The first-order valence-electron chi connectivity index (χ1n) is 9.14. The quantitative estimate of drug-likeness (QED) is 0.325. The maximum atomic E-state index is 13.3. The summed E-state index contributed by atoms with van der Waals surface area (Å²) in [5, 5.41) is 9.56. The van der Waals surface area contributed by atoms with E-state index < -0.39 is 0 Å². The Balaban J connectivity index is 1.98. The van der Waals surface area contributed by atoms with Crippen molar-refractivity contribution in [1.82, 2.24) is 8.54 Å². The Kier molecular flexibility index (Phi) is 6.49. The van der Waals surface area contributed by atoms with Gasteiger partial charge < -0.3 is 19.1 Å². The predicted molar refractivity (Wildman–Crippen MR) is 111 cm³/mol. The maximum Gasteiger partial charge on any atom is 0.216 e. The summed E-state index contributed by atoms with van der Waals surface area (Å²) >= 11 is 4.40. The third-order valence-electron chi connectivity index (χ3n) is 4.50. The van der Waals surface area contributed by atoms with Gasteiger partial charge in [0, 0.05) is 24.2 Å². The zero-order chi connectivity index (χ0) is 20.1. The van der Waals surface area contributed by atoms with Crippen molar-refractivity contribution in [3.63, 3.8) is 0 Å². The van der Waals surface area contributed by atoms with Gasteiger partial charge in [-0.1, -0.05) is 26.2 Å². The van der Waals surface area contributed by atoms with Crippen LogP contribution in [0.2, 0.25) is 0 Å². The third-order valence-corrected chi connectivity index (χ3v) is 4.83. The van der Waals surface area contributed by atoms with E-state index in [-0.39, 0.29) is 12.4 Å². The fourth-order valence-corrected chi connectivity index (χ4v) is 3.28. The van der Waals surface area contributed by atoms with E-state index in [2.05, 4.69) is 19.7 Å². The summed E-state index contributed by atoms with van der Waals surface area (Å²) < 4.78 is 14.4. The third kappa shape index (κ3) is 3.95. The molecule has 0 bridgehead atoms. The van der Waals surface area contributed by atoms with E-state index in [1.54, 1.807) is 47.3 Å². The Morgan fingerprint density at radius 1 is 1.21 bits per heavy atom. The van der Waals surface area contributed by atoms with Crippen LogP contribution in [0.25, 0.3) is 5.69 Å². The topological polar surface area (TPSA) is 65.6 Å². The fraction of sp³-hybridized carbons (Fsp3) is 0.286. The highest BCUT2D eigenvalue weighted by molar-refractivity contribution is 7.78. The first kappa shape index (κ1) is 20.1. The highest BCUT2D eigenvalue weighted by Crippen LogP contribution is 2.30. The number of aromatic nitrogens is 2. The SMILES string of the molecule is CCCCOc1ccc(C(=O)c2c(-n3cccc3CO)ccn2S)c(OC)c1. The summed E-state index contributed by atoms with van der Waals surface area (Å²) in [6.45, 7) is 2.59. The van der Waals surface area contributed by atoms with Gasteiger partial charge in [-0.2, -0.15) is 0 Å². The number of thiol groups is 1. The number of aliphatic hydroxyl groups excluding tert-OH is 1. The monoisotopic (exact) mass is 400 g/mol. The van der Waals surface area contributed by atoms with E-state index in [0.717, 1.165) is 12.8 Å². The molecule has 148 valence electrons. The lowest BCUT2D eigenvalue weighted by atomic mass is 10.1. The molecule has 0 aliphatic carbocycles. The van der Waals surface area contributed by atoms with Crippen molar-refractivity contribution in [1.29, 1.82) is 0 Å². The number of unbranched alkanes of at least 4 members (excludes halogenated alkanes) is 1. The zero-order valence-electron chi connectivity index (χ0n) is 16.0. The second-order valence-corrected chi connectivity index (χ2v) is 6.75. The van der Waals surface area contributed by atoms with Gasteiger partial charge in [0.25, 0.3) is 0 Å². The minimum Gasteiger partial charge on any atom is -0.496 e. The number of ketones is 1. The van der Waals surface area contributed by atoms with Gasteiger partial charge in [-0.3, -0.25) is 8.77 Å². The van der Waals surface area contributed by atoms with Crippen LogP contribution in [0.3, 0.4) is 0 Å². The molecule has 3 rings (SSSR count). The molecular weight excluding hydrogens is 376 g/mol. The molecule has 0 fully saturated rings. The number of aliphatic hydroxyl groups is 1. The molecule has 0 saturated carbocycles. The summed E-state index contributed by atoms with van der Waals surface area (Å²) in [5.74, 6) is 0.871. The van der Waals surface area contributed by atoms with Crippen molar-refractivity contribution in [3.05, 3.63) is 65.7 Å². The van der Waals surface area contributed by atoms with Crippen LogP contribution in [-0.4, -0.2) is 33.1 Å². The van der Waals surface area contributed by atoms with Gasteiger partial charge in [-0.25, -0.2) is 0 Å². The van der Waals surface area contributed by atoms with E-state index in [1.807, 2.05) is 6.07 Å². The van der Waals surface area contributed by atoms with Crippen LogP contribution in [-0.2, 0) is 6.61 Å². The normalized spacial score (nSPS) is 10.9. The molecule has 0 spiro atoms. The summed E-state index contributed by atoms with van der Waals surface area (Å²) in [6, 6.07) is 10.6. The van der Waals surface area contributed by atoms with Crippen molar-refractivity contribution in [3.8, 4) is 17.2 Å². The molecule has 3 aromatic rings. The first-order chi connectivity index (χ1) is 13.6. The zero-order valence-corrected chi connectivity index (χ0v) is 16.9. The van der Waals surface area contributed by atoms with Crippen LogP contribution in [0, 0.1) is 0 Å². The van der Waals surface area contributed by atoms with Crippen LogP contribution < -0.4 is 9.47 Å². The van der Waals surface area contributed by atoms with Crippen LogP contribution in [0.1, 0.15) is 41.5 Å². The molecule has 0 aliphatic rings. The number of hydrogen-bond donors (Lipinski definition) is 2. The number of carbonyl (C=O) groups is 1. The Bertz CT molecular complexity index is 961. The van der Waals surface area contributed by atoms with Crippen LogP contribution in [0.15, 0.2) is 48.8 Å². The molecule has 0 aliphatic heterocycles. The van der Waals surface area contributed by atoms with Crippen LogP contribution in [0.5, 0.6) is 11.5 Å². The minimum absolute atomic E-state index is 0.133. The molecule has 0 atom stereocenters. The second kappa shape index (κ2) is 9.03. The average molecular weight is 401 g/mol. The molecule has 2 aromatic heterocycles. The molecule has 6 nitrogen and oxygen atoms in total. The summed E-state index contributed by atoms with van der Waals surface area (Å²) in [4.78, 5) is 13.3. The number of rotatable bonds is 9. The number of nitrogens with zero attached hydrogens (tertiary/aromatic N) is 2. The standard InChI is InChI=1S/C21H24N2O4S/c1-3-4-12-27-16-7-8-17(19(13-16)26-2)21(25)20-18(9-11-23(20)28)22-10-5-6-15(22)14-24/h5-11,13,24,28H,3-4,12,14H2,1-2H3. The number of methoxy groups -OCH3 is 1. The summed E-state index contributed by atoms with van der Waals surface area (Å²) in [5.41, 5.74) is 2.12. The Morgan fingerprint density at radius 2 is 2.04 bits per heavy atom. The number of carbonyl (C=O) groups excluding carboxylic acids is 1. The van der Waals surface area contributed by atoms with Gasteiger partial charge in [-0.15, -0.1) is 0 Å². The molecule has 1 N–H and O–H groups in total. The highest BCUT2D eigenvalue weighted by Gasteiger charge is 2.23. The lowest BCUT2D eigenvalue weighted by molar-refractivity contribution is 0.103. The van der Waals surface area contributed by atoms with Crippen LogP contribution >= 0.6 is 12.8 Å². The van der Waals surface area contributed by atoms with Crippen molar-refractivity contribution < 1.29 is 19.4 Å². The Hall–Kier alpha value is -2.64. The molecule has 2 heterocycles. The summed E-state index contributed by atoms with van der Waals surface area (Å²) in [6.07, 6.45) is 5.50. The van der Waals surface area contributed by atoms with E-state index in [0.29, 0.717) is 40.7 Å². The minimum atomic E-state index is -0.232. The molecule has 0 unspecified atom stereocenters. The van der Waals surface area contributed by atoms with E-state index in [9.17, 15) is 9.90 Å². The van der Waals surface area contributed by atoms with Crippen molar-refractivity contribution in [2.45, 2.75) is 26.4 Å². The second-order valence-electron chi connectivity index (χ2n) is 6.32. The number of benzene rings is 1. The summed E-state index contributed by atoms with van der Waals surface area (Å²) in [7, 11) is 1.53. The van der Waals surface area contributed by atoms with Crippen molar-refractivity contribution in [2.75, 3.05) is 13.7 Å².